The maximum Gasteiger partial charge on any atom is 0.262 e. The van der Waals surface area contributed by atoms with Gasteiger partial charge in [0.25, 0.3) is 5.56 Å². The third kappa shape index (κ3) is 3.57. The van der Waals surface area contributed by atoms with Gasteiger partial charge in [0.05, 0.1) is 16.6 Å². The Morgan fingerprint density at radius 1 is 1.14 bits per heavy atom. The van der Waals surface area contributed by atoms with Gasteiger partial charge in [0.1, 0.15) is 5.76 Å². The second-order valence-electron chi connectivity index (χ2n) is 6.28. The number of thioether (sulfide) groups is 1. The Morgan fingerprint density at radius 3 is 2.75 bits per heavy atom. The number of fused-ring (bicyclic) bond motifs is 1. The lowest BCUT2D eigenvalue weighted by Crippen LogP contribution is -2.22. The summed E-state index contributed by atoms with van der Waals surface area (Å²) in [6, 6.07) is 14.8. The number of nitrogens with zero attached hydrogens (tertiary/aromatic N) is 3. The molecular formula is C21H18ClN3O2S. The molecule has 0 aliphatic rings. The number of para-hydroxylation sites is 1. The number of halogens is 1. The maximum absolute atomic E-state index is 12.7. The van der Waals surface area contributed by atoms with Crippen molar-refractivity contribution >= 4 is 34.3 Å². The molecule has 28 heavy (non-hydrogen) atoms. The normalized spacial score (nSPS) is 11.2. The molecule has 4 rings (SSSR count). The number of oxazole rings is 1. The van der Waals surface area contributed by atoms with Crippen LogP contribution in [0.15, 0.2) is 62.9 Å². The van der Waals surface area contributed by atoms with E-state index < -0.39 is 0 Å². The van der Waals surface area contributed by atoms with Crippen LogP contribution in [0.25, 0.3) is 22.4 Å². The van der Waals surface area contributed by atoms with E-state index in [0.717, 1.165) is 17.0 Å². The average Bonchev–Trinajstić information content (AvgIpc) is 3.07. The van der Waals surface area contributed by atoms with Crippen LogP contribution in [-0.4, -0.2) is 14.5 Å². The van der Waals surface area contributed by atoms with E-state index in [2.05, 4.69) is 9.97 Å². The molecule has 2 aromatic heterocycles. The van der Waals surface area contributed by atoms with E-state index in [1.807, 2.05) is 62.4 Å². The fraction of sp³-hybridized carbons (Fsp3) is 0.190. The van der Waals surface area contributed by atoms with Gasteiger partial charge < -0.3 is 4.42 Å². The highest BCUT2D eigenvalue weighted by atomic mass is 35.5. The first-order valence-electron chi connectivity index (χ1n) is 8.91. The summed E-state index contributed by atoms with van der Waals surface area (Å²) >= 11 is 7.55. The first-order valence-corrected chi connectivity index (χ1v) is 10.3. The summed E-state index contributed by atoms with van der Waals surface area (Å²) in [6.45, 7) is 4.39. The van der Waals surface area contributed by atoms with Gasteiger partial charge in [-0.2, -0.15) is 0 Å². The summed E-state index contributed by atoms with van der Waals surface area (Å²) in [5.41, 5.74) is 2.34. The number of hydrogen-bond donors (Lipinski definition) is 0. The molecule has 0 aliphatic carbocycles. The molecule has 0 saturated heterocycles. The van der Waals surface area contributed by atoms with E-state index in [-0.39, 0.29) is 5.56 Å². The molecule has 7 heteroatoms. The van der Waals surface area contributed by atoms with E-state index in [4.69, 9.17) is 16.0 Å². The third-order valence-corrected chi connectivity index (χ3v) is 5.67. The maximum atomic E-state index is 12.7. The predicted octanol–water partition coefficient (Wildman–Crippen LogP) is 5.33. The monoisotopic (exact) mass is 411 g/mol. The van der Waals surface area contributed by atoms with Crippen molar-refractivity contribution in [2.24, 2.45) is 0 Å². The van der Waals surface area contributed by atoms with E-state index in [1.165, 1.54) is 11.8 Å². The van der Waals surface area contributed by atoms with Crippen LogP contribution in [0.5, 0.6) is 0 Å². The molecule has 0 spiro atoms. The molecule has 0 N–H and O–H groups in total. The zero-order valence-corrected chi connectivity index (χ0v) is 17.0. The summed E-state index contributed by atoms with van der Waals surface area (Å²) in [6.07, 6.45) is 0. The molecule has 0 saturated carbocycles. The van der Waals surface area contributed by atoms with Gasteiger partial charge in [-0.3, -0.25) is 9.36 Å². The standard InChI is InChI=1S/C21H18ClN3O2S/c1-3-25-20(26)16-9-4-5-10-17(16)24-21(25)28-12-18-13(2)27-19(23-18)14-7-6-8-15(22)11-14/h4-11H,3,12H2,1-2H3. The number of aromatic nitrogens is 3. The van der Waals surface area contributed by atoms with Crippen molar-refractivity contribution < 1.29 is 4.42 Å². The molecule has 0 unspecified atom stereocenters. The van der Waals surface area contributed by atoms with Crippen molar-refractivity contribution in [1.29, 1.82) is 0 Å². The van der Waals surface area contributed by atoms with Crippen molar-refractivity contribution in [3.63, 3.8) is 0 Å². The highest BCUT2D eigenvalue weighted by molar-refractivity contribution is 7.98. The quantitative estimate of drug-likeness (QED) is 0.328. The van der Waals surface area contributed by atoms with E-state index in [9.17, 15) is 4.79 Å². The Morgan fingerprint density at radius 2 is 1.96 bits per heavy atom. The van der Waals surface area contributed by atoms with Gasteiger partial charge in [-0.1, -0.05) is 41.6 Å². The molecule has 0 bridgehead atoms. The summed E-state index contributed by atoms with van der Waals surface area (Å²) in [5, 5.41) is 1.95. The summed E-state index contributed by atoms with van der Waals surface area (Å²) < 4.78 is 7.52. The zero-order chi connectivity index (χ0) is 19.7. The Labute approximate surface area is 171 Å². The van der Waals surface area contributed by atoms with Gasteiger partial charge in [0, 0.05) is 22.9 Å². The molecule has 0 atom stereocenters. The predicted molar refractivity (Wildman–Crippen MR) is 113 cm³/mol. The van der Waals surface area contributed by atoms with Gasteiger partial charge in [0.2, 0.25) is 5.89 Å². The molecule has 142 valence electrons. The average molecular weight is 412 g/mol. The van der Waals surface area contributed by atoms with Crippen LogP contribution in [0, 0.1) is 6.92 Å². The molecule has 0 amide bonds. The molecule has 2 heterocycles. The summed E-state index contributed by atoms with van der Waals surface area (Å²) in [4.78, 5) is 22.0. The second kappa shape index (κ2) is 7.81. The first-order chi connectivity index (χ1) is 13.6. The molecule has 0 radical (unpaired) electrons. The van der Waals surface area contributed by atoms with Crippen LogP contribution in [-0.2, 0) is 12.3 Å². The van der Waals surface area contributed by atoms with Crippen molar-refractivity contribution in [2.75, 3.05) is 0 Å². The minimum absolute atomic E-state index is 0.0212. The molecule has 0 fully saturated rings. The molecule has 2 aromatic carbocycles. The van der Waals surface area contributed by atoms with E-state index >= 15 is 0 Å². The zero-order valence-electron chi connectivity index (χ0n) is 15.5. The number of aryl methyl sites for hydroxylation is 1. The van der Waals surface area contributed by atoms with E-state index in [1.54, 1.807) is 4.57 Å². The Kier molecular flexibility index (Phi) is 5.24. The lowest BCUT2D eigenvalue weighted by molar-refractivity contribution is 0.540. The van der Waals surface area contributed by atoms with E-state index in [0.29, 0.717) is 39.3 Å². The minimum Gasteiger partial charge on any atom is -0.441 e. The first kappa shape index (κ1) is 18.8. The van der Waals surface area contributed by atoms with Gasteiger partial charge in [-0.15, -0.1) is 0 Å². The fourth-order valence-corrected chi connectivity index (χ4v) is 4.23. The highest BCUT2D eigenvalue weighted by Gasteiger charge is 2.15. The van der Waals surface area contributed by atoms with Crippen LogP contribution in [0.1, 0.15) is 18.4 Å². The Balaban J connectivity index is 1.64. The van der Waals surface area contributed by atoms with Crippen LogP contribution >= 0.6 is 23.4 Å². The smallest absolute Gasteiger partial charge is 0.262 e. The van der Waals surface area contributed by atoms with Gasteiger partial charge in [0.15, 0.2) is 5.16 Å². The van der Waals surface area contributed by atoms with Crippen LogP contribution in [0.2, 0.25) is 5.02 Å². The van der Waals surface area contributed by atoms with Crippen LogP contribution in [0.3, 0.4) is 0 Å². The topological polar surface area (TPSA) is 60.9 Å². The lowest BCUT2D eigenvalue weighted by Gasteiger charge is -2.10. The molecule has 5 nitrogen and oxygen atoms in total. The van der Waals surface area contributed by atoms with Gasteiger partial charge in [-0.05, 0) is 44.2 Å². The van der Waals surface area contributed by atoms with Crippen molar-refractivity contribution in [3.8, 4) is 11.5 Å². The number of rotatable bonds is 5. The van der Waals surface area contributed by atoms with Crippen molar-refractivity contribution in [1.82, 2.24) is 14.5 Å². The molecular weight excluding hydrogens is 394 g/mol. The second-order valence-corrected chi connectivity index (χ2v) is 7.66. The summed E-state index contributed by atoms with van der Waals surface area (Å²) in [5.74, 6) is 1.84. The fourth-order valence-electron chi connectivity index (χ4n) is 2.98. The highest BCUT2D eigenvalue weighted by Crippen LogP contribution is 2.28. The van der Waals surface area contributed by atoms with Crippen molar-refractivity contribution in [3.05, 3.63) is 75.4 Å². The minimum atomic E-state index is -0.0212. The number of benzene rings is 2. The molecule has 0 aliphatic heterocycles. The largest absolute Gasteiger partial charge is 0.441 e. The van der Waals surface area contributed by atoms with Crippen LogP contribution < -0.4 is 5.56 Å². The Hall–Kier alpha value is -2.57. The van der Waals surface area contributed by atoms with Gasteiger partial charge >= 0.3 is 0 Å². The Bertz CT molecular complexity index is 1220. The third-order valence-electron chi connectivity index (χ3n) is 4.45. The summed E-state index contributed by atoms with van der Waals surface area (Å²) in [7, 11) is 0. The van der Waals surface area contributed by atoms with Gasteiger partial charge in [-0.25, -0.2) is 9.97 Å². The van der Waals surface area contributed by atoms with Crippen molar-refractivity contribution in [2.45, 2.75) is 31.3 Å². The lowest BCUT2D eigenvalue weighted by atomic mass is 10.2. The van der Waals surface area contributed by atoms with Crippen LogP contribution in [0.4, 0.5) is 0 Å². The molecule has 4 aromatic rings. The number of hydrogen-bond acceptors (Lipinski definition) is 5. The SMILES string of the molecule is CCn1c(SCc2nc(-c3cccc(Cl)c3)oc2C)nc2ccccc2c1=O.